The molecule has 0 saturated carbocycles. The first kappa shape index (κ1) is 20.3. The maximum Gasteiger partial charge on any atom is 0.418 e. The van der Waals surface area contributed by atoms with E-state index in [2.05, 4.69) is 15.1 Å². The number of aromatic nitrogens is 3. The standard InChI is InChI=1S/C21H21F3N4O2/c1-13-4-2-3-9-28(13)18-6-5-15(11-17(18)21(22,23)24)20-26-19(27-30-20)14-7-8-25-16(10-14)12-29/h5-8,10-11,13,29H,2-4,9,12H2,1H3. The average molecular weight is 418 g/mol. The van der Waals surface area contributed by atoms with Crippen LogP contribution in [0.5, 0.6) is 0 Å². The van der Waals surface area contributed by atoms with Crippen molar-refractivity contribution in [3.05, 3.63) is 47.8 Å². The Balaban J connectivity index is 1.71. The molecule has 3 heterocycles. The van der Waals surface area contributed by atoms with Crippen LogP contribution in [-0.4, -0.2) is 32.8 Å². The fourth-order valence-electron chi connectivity index (χ4n) is 3.76. The second-order valence-electron chi connectivity index (χ2n) is 7.38. The Bertz CT molecular complexity index is 1040. The molecule has 158 valence electrons. The second kappa shape index (κ2) is 8.06. The van der Waals surface area contributed by atoms with Crippen molar-refractivity contribution in [2.75, 3.05) is 11.4 Å². The zero-order valence-corrected chi connectivity index (χ0v) is 16.4. The largest absolute Gasteiger partial charge is 0.418 e. The van der Waals surface area contributed by atoms with Crippen LogP contribution in [0.2, 0.25) is 0 Å². The number of hydrogen-bond donors (Lipinski definition) is 1. The highest BCUT2D eigenvalue weighted by Crippen LogP contribution is 2.40. The Morgan fingerprint density at radius 1 is 1.17 bits per heavy atom. The number of benzene rings is 1. The minimum absolute atomic E-state index is 0.00361. The number of alkyl halides is 3. The number of aliphatic hydroxyl groups is 1. The van der Waals surface area contributed by atoms with Gasteiger partial charge >= 0.3 is 6.18 Å². The van der Waals surface area contributed by atoms with Gasteiger partial charge in [0.15, 0.2) is 0 Å². The van der Waals surface area contributed by atoms with Gasteiger partial charge in [-0.25, -0.2) is 0 Å². The van der Waals surface area contributed by atoms with Gasteiger partial charge in [0, 0.05) is 35.6 Å². The summed E-state index contributed by atoms with van der Waals surface area (Å²) in [6.07, 6.45) is -0.249. The molecular weight excluding hydrogens is 397 g/mol. The average Bonchev–Trinajstić information content (AvgIpc) is 3.23. The van der Waals surface area contributed by atoms with Crippen molar-refractivity contribution < 1.29 is 22.8 Å². The fourth-order valence-corrected chi connectivity index (χ4v) is 3.76. The van der Waals surface area contributed by atoms with E-state index in [1.807, 2.05) is 11.8 Å². The van der Waals surface area contributed by atoms with E-state index in [4.69, 9.17) is 4.52 Å². The predicted molar refractivity (Wildman–Crippen MR) is 105 cm³/mol. The van der Waals surface area contributed by atoms with Gasteiger partial charge in [0.2, 0.25) is 5.82 Å². The molecule has 30 heavy (non-hydrogen) atoms. The summed E-state index contributed by atoms with van der Waals surface area (Å²) < 4.78 is 46.8. The zero-order chi connectivity index (χ0) is 21.3. The molecule has 0 aliphatic carbocycles. The van der Waals surface area contributed by atoms with Crippen molar-refractivity contribution in [3.63, 3.8) is 0 Å². The van der Waals surface area contributed by atoms with Crippen molar-refractivity contribution in [1.82, 2.24) is 15.1 Å². The van der Waals surface area contributed by atoms with Crippen LogP contribution < -0.4 is 4.90 Å². The van der Waals surface area contributed by atoms with Gasteiger partial charge in [-0.3, -0.25) is 4.98 Å². The smallest absolute Gasteiger partial charge is 0.390 e. The Hall–Kier alpha value is -2.94. The van der Waals surface area contributed by atoms with E-state index in [0.29, 0.717) is 17.8 Å². The van der Waals surface area contributed by atoms with Crippen molar-refractivity contribution in [1.29, 1.82) is 0 Å². The quantitative estimate of drug-likeness (QED) is 0.663. The van der Waals surface area contributed by atoms with Gasteiger partial charge in [-0.05, 0) is 56.5 Å². The van der Waals surface area contributed by atoms with Crippen LogP contribution in [-0.2, 0) is 12.8 Å². The fraction of sp³-hybridized carbons (Fsp3) is 0.381. The first-order valence-electron chi connectivity index (χ1n) is 9.75. The topological polar surface area (TPSA) is 75.3 Å². The number of rotatable bonds is 4. The Morgan fingerprint density at radius 2 is 2.00 bits per heavy atom. The van der Waals surface area contributed by atoms with Crippen LogP contribution in [0.15, 0.2) is 41.1 Å². The van der Waals surface area contributed by atoms with Crippen LogP contribution >= 0.6 is 0 Å². The molecule has 1 aromatic carbocycles. The second-order valence-corrected chi connectivity index (χ2v) is 7.38. The minimum atomic E-state index is -4.51. The van der Waals surface area contributed by atoms with E-state index < -0.39 is 11.7 Å². The van der Waals surface area contributed by atoms with Gasteiger partial charge in [-0.2, -0.15) is 18.2 Å². The van der Waals surface area contributed by atoms with Crippen LogP contribution in [0, 0.1) is 0 Å². The van der Waals surface area contributed by atoms with Gasteiger partial charge in [-0.1, -0.05) is 5.16 Å². The highest BCUT2D eigenvalue weighted by molar-refractivity contribution is 5.66. The first-order chi connectivity index (χ1) is 14.4. The van der Waals surface area contributed by atoms with Crippen molar-refractivity contribution >= 4 is 5.69 Å². The highest BCUT2D eigenvalue weighted by Gasteiger charge is 2.37. The molecule has 1 unspecified atom stereocenters. The molecule has 1 aliphatic rings. The molecular formula is C21H21F3N4O2. The molecule has 0 radical (unpaired) electrons. The molecule has 1 N–H and O–H groups in total. The number of nitrogens with zero attached hydrogens (tertiary/aromatic N) is 4. The third-order valence-electron chi connectivity index (χ3n) is 5.32. The maximum atomic E-state index is 13.9. The van der Waals surface area contributed by atoms with Crippen LogP contribution in [0.3, 0.4) is 0 Å². The summed E-state index contributed by atoms with van der Waals surface area (Å²) in [5.74, 6) is 0.209. The molecule has 3 aromatic rings. The molecule has 1 atom stereocenters. The third kappa shape index (κ3) is 4.02. The van der Waals surface area contributed by atoms with Crippen molar-refractivity contribution in [3.8, 4) is 22.8 Å². The molecule has 6 nitrogen and oxygen atoms in total. The summed E-state index contributed by atoms with van der Waals surface area (Å²) in [6, 6.07) is 7.41. The van der Waals surface area contributed by atoms with Gasteiger partial charge in [-0.15, -0.1) is 0 Å². The third-order valence-corrected chi connectivity index (χ3v) is 5.32. The SMILES string of the molecule is CC1CCCCN1c1ccc(-c2nc(-c3ccnc(CO)c3)no2)cc1C(F)(F)F. The van der Waals surface area contributed by atoms with Gasteiger partial charge in [0.25, 0.3) is 5.89 Å². The molecule has 0 spiro atoms. The first-order valence-corrected chi connectivity index (χ1v) is 9.75. The summed E-state index contributed by atoms with van der Waals surface area (Å²) in [5.41, 5.74) is 0.655. The Morgan fingerprint density at radius 3 is 2.73 bits per heavy atom. The van der Waals surface area contributed by atoms with E-state index in [1.165, 1.54) is 12.3 Å². The molecule has 1 aliphatic heterocycles. The van der Waals surface area contributed by atoms with Crippen LogP contribution in [0.25, 0.3) is 22.8 Å². The molecule has 1 fully saturated rings. The van der Waals surface area contributed by atoms with E-state index in [-0.39, 0.29) is 35.6 Å². The minimum Gasteiger partial charge on any atom is -0.390 e. The molecule has 2 aromatic heterocycles. The lowest BCUT2D eigenvalue weighted by Gasteiger charge is -2.37. The zero-order valence-electron chi connectivity index (χ0n) is 16.4. The van der Waals surface area contributed by atoms with Crippen molar-refractivity contribution in [2.45, 2.75) is 45.0 Å². The molecule has 1 saturated heterocycles. The van der Waals surface area contributed by atoms with E-state index in [0.717, 1.165) is 25.3 Å². The van der Waals surface area contributed by atoms with E-state index in [9.17, 15) is 18.3 Å². The predicted octanol–water partition coefficient (Wildman–Crippen LogP) is 4.69. The molecule has 4 rings (SSSR count). The molecule has 0 bridgehead atoms. The van der Waals surface area contributed by atoms with E-state index in [1.54, 1.807) is 18.2 Å². The normalized spacial score (nSPS) is 17.4. The highest BCUT2D eigenvalue weighted by atomic mass is 19.4. The number of hydrogen-bond acceptors (Lipinski definition) is 6. The van der Waals surface area contributed by atoms with Gasteiger partial charge in [0.1, 0.15) is 0 Å². The summed E-state index contributed by atoms with van der Waals surface area (Å²) >= 11 is 0. The maximum absolute atomic E-state index is 13.9. The summed E-state index contributed by atoms with van der Waals surface area (Å²) in [5, 5.41) is 13.1. The lowest BCUT2D eigenvalue weighted by Crippen LogP contribution is -2.38. The lowest BCUT2D eigenvalue weighted by molar-refractivity contribution is -0.137. The monoisotopic (exact) mass is 418 g/mol. The summed E-state index contributed by atoms with van der Waals surface area (Å²) in [6.45, 7) is 2.31. The summed E-state index contributed by atoms with van der Waals surface area (Å²) in [7, 11) is 0. The Labute approximate surface area is 171 Å². The van der Waals surface area contributed by atoms with Crippen LogP contribution in [0.1, 0.15) is 37.4 Å². The van der Waals surface area contributed by atoms with Crippen LogP contribution in [0.4, 0.5) is 18.9 Å². The Kier molecular flexibility index (Phi) is 5.46. The lowest BCUT2D eigenvalue weighted by atomic mass is 9.99. The van der Waals surface area contributed by atoms with E-state index >= 15 is 0 Å². The number of aliphatic hydroxyl groups excluding tert-OH is 1. The van der Waals surface area contributed by atoms with Crippen molar-refractivity contribution in [2.24, 2.45) is 0 Å². The number of halogens is 3. The summed E-state index contributed by atoms with van der Waals surface area (Å²) in [4.78, 5) is 10.0. The number of pyridine rings is 1. The van der Waals surface area contributed by atoms with Gasteiger partial charge in [0.05, 0.1) is 17.9 Å². The van der Waals surface area contributed by atoms with Gasteiger partial charge < -0.3 is 14.5 Å². The number of anilines is 1. The molecule has 9 heteroatoms. The molecule has 0 amide bonds. The number of piperidine rings is 1.